The van der Waals surface area contributed by atoms with Crippen LogP contribution in [0.4, 0.5) is 0 Å². The Labute approximate surface area is 191 Å². The van der Waals surface area contributed by atoms with E-state index in [1.165, 1.54) is 0 Å². The van der Waals surface area contributed by atoms with Gasteiger partial charge in [0.2, 0.25) is 0 Å². The van der Waals surface area contributed by atoms with Crippen molar-refractivity contribution in [2.24, 2.45) is 0 Å². The zero-order valence-electron chi connectivity index (χ0n) is 18.6. The molecule has 0 saturated carbocycles. The van der Waals surface area contributed by atoms with Crippen LogP contribution in [0.3, 0.4) is 0 Å². The second kappa shape index (κ2) is 9.40. The lowest BCUT2D eigenvalue weighted by Crippen LogP contribution is -2.26. The number of rotatable bonds is 8. The average molecular weight is 451 g/mol. The van der Waals surface area contributed by atoms with E-state index in [1.807, 2.05) is 46.5 Å². The SMILES string of the molecule is COc1ccc(CCNC(=O)c2cc(-c3cccs3)nc3c2cnn3C(C)C)cc1OC. The molecule has 166 valence electrons. The lowest BCUT2D eigenvalue weighted by Gasteiger charge is -2.11. The minimum absolute atomic E-state index is 0.138. The molecule has 1 N–H and O–H groups in total. The van der Waals surface area contributed by atoms with Gasteiger partial charge < -0.3 is 14.8 Å². The third kappa shape index (κ3) is 4.31. The summed E-state index contributed by atoms with van der Waals surface area (Å²) in [6.45, 7) is 4.59. The van der Waals surface area contributed by atoms with Crippen molar-refractivity contribution in [1.29, 1.82) is 0 Å². The topological polar surface area (TPSA) is 78.3 Å². The highest BCUT2D eigenvalue weighted by atomic mass is 32.1. The summed E-state index contributed by atoms with van der Waals surface area (Å²) in [5.74, 6) is 1.22. The number of carbonyl (C=O) groups excluding carboxylic acids is 1. The molecule has 1 aromatic carbocycles. The lowest BCUT2D eigenvalue weighted by molar-refractivity contribution is 0.0955. The van der Waals surface area contributed by atoms with Crippen molar-refractivity contribution in [2.75, 3.05) is 20.8 Å². The number of benzene rings is 1. The molecule has 32 heavy (non-hydrogen) atoms. The van der Waals surface area contributed by atoms with E-state index in [-0.39, 0.29) is 11.9 Å². The molecule has 0 spiro atoms. The van der Waals surface area contributed by atoms with Crippen molar-refractivity contribution < 1.29 is 14.3 Å². The second-order valence-electron chi connectivity index (χ2n) is 7.65. The maximum Gasteiger partial charge on any atom is 0.252 e. The number of hydrogen-bond donors (Lipinski definition) is 1. The molecule has 0 fully saturated rings. The number of aromatic nitrogens is 3. The van der Waals surface area contributed by atoms with Gasteiger partial charge in [0.1, 0.15) is 0 Å². The molecular formula is C24H26N4O3S. The summed E-state index contributed by atoms with van der Waals surface area (Å²) >= 11 is 1.60. The van der Waals surface area contributed by atoms with Gasteiger partial charge in [-0.15, -0.1) is 11.3 Å². The maximum absolute atomic E-state index is 13.2. The Bertz CT molecular complexity index is 1230. The summed E-state index contributed by atoms with van der Waals surface area (Å²) < 4.78 is 12.5. The number of hydrogen-bond acceptors (Lipinski definition) is 6. The van der Waals surface area contributed by atoms with E-state index in [0.29, 0.717) is 30.0 Å². The van der Waals surface area contributed by atoms with Gasteiger partial charge in [-0.05, 0) is 55.5 Å². The molecule has 4 rings (SSSR count). The van der Waals surface area contributed by atoms with Crippen molar-refractivity contribution in [1.82, 2.24) is 20.1 Å². The average Bonchev–Trinajstić information content (AvgIpc) is 3.48. The van der Waals surface area contributed by atoms with Crippen molar-refractivity contribution >= 4 is 28.3 Å². The van der Waals surface area contributed by atoms with Crippen LogP contribution in [0.1, 0.15) is 35.8 Å². The first-order valence-electron chi connectivity index (χ1n) is 10.4. The molecule has 0 aliphatic rings. The highest BCUT2D eigenvalue weighted by molar-refractivity contribution is 7.13. The minimum atomic E-state index is -0.140. The van der Waals surface area contributed by atoms with Gasteiger partial charge in [0, 0.05) is 12.6 Å². The normalized spacial score (nSPS) is 11.2. The lowest BCUT2D eigenvalue weighted by atomic mass is 10.1. The fourth-order valence-electron chi connectivity index (χ4n) is 3.59. The van der Waals surface area contributed by atoms with Crippen LogP contribution in [-0.4, -0.2) is 41.4 Å². The van der Waals surface area contributed by atoms with E-state index < -0.39 is 0 Å². The van der Waals surface area contributed by atoms with Gasteiger partial charge in [-0.25, -0.2) is 9.67 Å². The Hall–Kier alpha value is -3.39. The van der Waals surface area contributed by atoms with Crippen molar-refractivity contribution in [3.8, 4) is 22.1 Å². The molecule has 3 heterocycles. The first kappa shape index (κ1) is 21.8. The van der Waals surface area contributed by atoms with Gasteiger partial charge in [0.25, 0.3) is 5.91 Å². The first-order valence-corrected chi connectivity index (χ1v) is 11.3. The number of ether oxygens (including phenoxy) is 2. The number of fused-ring (bicyclic) bond motifs is 1. The van der Waals surface area contributed by atoms with Gasteiger partial charge in [-0.2, -0.15) is 5.10 Å². The second-order valence-corrected chi connectivity index (χ2v) is 8.60. The Morgan fingerprint density at radius 1 is 1.16 bits per heavy atom. The van der Waals surface area contributed by atoms with E-state index in [9.17, 15) is 4.79 Å². The van der Waals surface area contributed by atoms with E-state index >= 15 is 0 Å². The molecule has 0 aliphatic carbocycles. The minimum Gasteiger partial charge on any atom is -0.493 e. The fourth-order valence-corrected chi connectivity index (χ4v) is 4.27. The van der Waals surface area contributed by atoms with E-state index in [2.05, 4.69) is 24.3 Å². The molecule has 1 amide bonds. The van der Waals surface area contributed by atoms with E-state index in [1.54, 1.807) is 31.8 Å². The van der Waals surface area contributed by atoms with Crippen LogP contribution in [0.2, 0.25) is 0 Å². The molecule has 4 aromatic rings. The molecule has 0 bridgehead atoms. The Morgan fingerprint density at radius 2 is 1.97 bits per heavy atom. The van der Waals surface area contributed by atoms with Crippen LogP contribution in [0.5, 0.6) is 11.5 Å². The molecule has 0 atom stereocenters. The van der Waals surface area contributed by atoms with E-state index in [4.69, 9.17) is 14.5 Å². The zero-order valence-corrected chi connectivity index (χ0v) is 19.4. The smallest absolute Gasteiger partial charge is 0.252 e. The van der Waals surface area contributed by atoms with Gasteiger partial charge in [0.15, 0.2) is 17.1 Å². The van der Waals surface area contributed by atoms with Crippen LogP contribution < -0.4 is 14.8 Å². The standard InChI is InChI=1S/C24H26N4O3S/c1-15(2)28-23-18(14-26-28)17(13-19(27-23)22-6-5-11-32-22)24(29)25-10-9-16-7-8-20(30-3)21(12-16)31-4/h5-8,11-15H,9-10H2,1-4H3,(H,25,29). The molecular weight excluding hydrogens is 424 g/mol. The summed E-state index contributed by atoms with van der Waals surface area (Å²) in [4.78, 5) is 19.0. The molecule has 0 radical (unpaired) electrons. The van der Waals surface area contributed by atoms with Gasteiger partial charge in [0.05, 0.1) is 41.9 Å². The zero-order chi connectivity index (χ0) is 22.7. The highest BCUT2D eigenvalue weighted by Gasteiger charge is 2.18. The molecule has 0 unspecified atom stereocenters. The van der Waals surface area contributed by atoms with Crippen LogP contribution in [0, 0.1) is 0 Å². The summed E-state index contributed by atoms with van der Waals surface area (Å²) in [6.07, 6.45) is 2.40. The summed E-state index contributed by atoms with van der Waals surface area (Å²) in [5.41, 5.74) is 3.13. The number of thiophene rings is 1. The maximum atomic E-state index is 13.2. The Balaban J connectivity index is 1.58. The largest absolute Gasteiger partial charge is 0.493 e. The highest BCUT2D eigenvalue weighted by Crippen LogP contribution is 2.29. The predicted octanol–water partition coefficient (Wildman–Crippen LogP) is 4.73. The van der Waals surface area contributed by atoms with Gasteiger partial charge in [-0.1, -0.05) is 12.1 Å². The van der Waals surface area contributed by atoms with E-state index in [0.717, 1.165) is 27.2 Å². The molecule has 0 saturated heterocycles. The van der Waals surface area contributed by atoms with Crippen LogP contribution in [-0.2, 0) is 6.42 Å². The van der Waals surface area contributed by atoms with Gasteiger partial charge in [-0.3, -0.25) is 4.79 Å². The summed E-state index contributed by atoms with van der Waals surface area (Å²) in [5, 5.41) is 10.3. The van der Waals surface area contributed by atoms with Crippen LogP contribution in [0.25, 0.3) is 21.6 Å². The molecule has 7 nitrogen and oxygen atoms in total. The number of pyridine rings is 1. The first-order chi connectivity index (χ1) is 15.5. The number of methoxy groups -OCH3 is 2. The fraction of sp³-hybridized carbons (Fsp3) is 0.292. The van der Waals surface area contributed by atoms with Crippen molar-refractivity contribution in [3.63, 3.8) is 0 Å². The third-order valence-corrected chi connectivity index (χ3v) is 6.11. The number of carbonyl (C=O) groups is 1. The van der Waals surface area contributed by atoms with Crippen molar-refractivity contribution in [3.05, 3.63) is 59.1 Å². The summed E-state index contributed by atoms with van der Waals surface area (Å²) in [7, 11) is 3.22. The summed E-state index contributed by atoms with van der Waals surface area (Å²) in [6, 6.07) is 11.8. The van der Waals surface area contributed by atoms with Crippen LogP contribution >= 0.6 is 11.3 Å². The molecule has 3 aromatic heterocycles. The van der Waals surface area contributed by atoms with Crippen LogP contribution in [0.15, 0.2) is 48.0 Å². The monoisotopic (exact) mass is 450 g/mol. The Morgan fingerprint density at radius 3 is 2.66 bits per heavy atom. The predicted molar refractivity (Wildman–Crippen MR) is 127 cm³/mol. The number of amides is 1. The third-order valence-electron chi connectivity index (χ3n) is 5.22. The molecule has 0 aliphatic heterocycles. The van der Waals surface area contributed by atoms with Gasteiger partial charge >= 0.3 is 0 Å². The van der Waals surface area contributed by atoms with Crippen molar-refractivity contribution in [2.45, 2.75) is 26.3 Å². The quantitative estimate of drug-likeness (QED) is 0.420. The molecule has 8 heteroatoms. The number of nitrogens with one attached hydrogen (secondary N) is 1. The Kier molecular flexibility index (Phi) is 6.41. The number of nitrogens with zero attached hydrogens (tertiary/aromatic N) is 3.